The van der Waals surface area contributed by atoms with Crippen molar-refractivity contribution in [3.05, 3.63) is 70.8 Å². The zero-order valence-electron chi connectivity index (χ0n) is 18.8. The smallest absolute Gasteiger partial charge is 0.416 e. The summed E-state index contributed by atoms with van der Waals surface area (Å²) in [4.78, 5) is 12.3. The quantitative estimate of drug-likeness (QED) is 0.548. The molecule has 0 radical (unpaired) electrons. The average Bonchev–Trinajstić information content (AvgIpc) is 2.67. The molecule has 5 nitrogen and oxygen atoms in total. The summed E-state index contributed by atoms with van der Waals surface area (Å²) in [5.41, 5.74) is 0.723. The normalized spacial score (nSPS) is 14.0. The molecule has 2 aromatic carbocycles. The molecule has 1 amide bonds. The highest BCUT2D eigenvalue weighted by atomic mass is 19.4. The molecule has 0 heterocycles. The van der Waals surface area contributed by atoms with Crippen LogP contribution >= 0.6 is 0 Å². The van der Waals surface area contributed by atoms with E-state index >= 15 is 0 Å². The second kappa shape index (κ2) is 10.8. The molecule has 0 saturated carbocycles. The van der Waals surface area contributed by atoms with Gasteiger partial charge in [-0.1, -0.05) is 36.4 Å². The van der Waals surface area contributed by atoms with Crippen LogP contribution in [0.1, 0.15) is 43.0 Å². The second-order valence-electron chi connectivity index (χ2n) is 8.78. The van der Waals surface area contributed by atoms with Gasteiger partial charge in [0.25, 0.3) is 0 Å². The van der Waals surface area contributed by atoms with Crippen LogP contribution < -0.4 is 10.6 Å². The largest absolute Gasteiger partial charge is 0.444 e. The van der Waals surface area contributed by atoms with E-state index in [0.29, 0.717) is 17.5 Å². The lowest BCUT2D eigenvalue weighted by molar-refractivity contribution is -0.137. The van der Waals surface area contributed by atoms with Crippen LogP contribution in [-0.2, 0) is 23.9 Å². The van der Waals surface area contributed by atoms with E-state index < -0.39 is 35.6 Å². The molecule has 176 valence electrons. The van der Waals surface area contributed by atoms with Crippen molar-refractivity contribution in [2.75, 3.05) is 6.54 Å². The van der Waals surface area contributed by atoms with E-state index in [2.05, 4.69) is 10.6 Å². The van der Waals surface area contributed by atoms with Crippen molar-refractivity contribution in [1.82, 2.24) is 10.6 Å². The van der Waals surface area contributed by atoms with Gasteiger partial charge in [0.15, 0.2) is 0 Å². The number of carbonyl (C=O) groups excluding carboxylic acids is 1. The molecule has 8 heteroatoms. The van der Waals surface area contributed by atoms with Crippen molar-refractivity contribution in [3.8, 4) is 0 Å². The summed E-state index contributed by atoms with van der Waals surface area (Å²) in [5.74, 6) is 0. The van der Waals surface area contributed by atoms with Crippen molar-refractivity contribution in [3.63, 3.8) is 0 Å². The van der Waals surface area contributed by atoms with Gasteiger partial charge in [-0.15, -0.1) is 0 Å². The number of aliphatic hydroxyl groups is 1. The lowest BCUT2D eigenvalue weighted by atomic mass is 10.0. The Kier molecular flexibility index (Phi) is 8.69. The van der Waals surface area contributed by atoms with Crippen LogP contribution in [-0.4, -0.2) is 35.5 Å². The Hall–Kier alpha value is -2.58. The molecule has 0 aromatic heterocycles. The van der Waals surface area contributed by atoms with Gasteiger partial charge in [-0.2, -0.15) is 13.2 Å². The van der Waals surface area contributed by atoms with E-state index in [1.54, 1.807) is 27.7 Å². The third kappa shape index (κ3) is 8.51. The van der Waals surface area contributed by atoms with Crippen LogP contribution in [0.15, 0.2) is 48.5 Å². The van der Waals surface area contributed by atoms with E-state index in [4.69, 9.17) is 4.74 Å². The number of carbonyl (C=O) groups is 1. The molecule has 3 N–H and O–H groups in total. The van der Waals surface area contributed by atoms with Crippen LogP contribution in [0.25, 0.3) is 0 Å². The van der Waals surface area contributed by atoms with Crippen LogP contribution in [0.4, 0.5) is 18.0 Å². The third-order valence-corrected chi connectivity index (χ3v) is 4.81. The van der Waals surface area contributed by atoms with Crippen molar-refractivity contribution in [2.45, 2.75) is 64.6 Å². The maximum atomic E-state index is 13.0. The third-order valence-electron chi connectivity index (χ3n) is 4.81. The maximum absolute atomic E-state index is 13.0. The van der Waals surface area contributed by atoms with Crippen LogP contribution in [0, 0.1) is 6.92 Å². The minimum absolute atomic E-state index is 0.0724. The Balaban J connectivity index is 2.04. The molecule has 2 rings (SSSR count). The number of nitrogens with one attached hydrogen (secondary N) is 2. The minimum Gasteiger partial charge on any atom is -0.444 e. The lowest BCUT2D eigenvalue weighted by Crippen LogP contribution is -2.49. The van der Waals surface area contributed by atoms with Gasteiger partial charge >= 0.3 is 12.3 Å². The fourth-order valence-corrected chi connectivity index (χ4v) is 3.15. The number of halogens is 3. The van der Waals surface area contributed by atoms with Gasteiger partial charge in [0, 0.05) is 13.1 Å². The van der Waals surface area contributed by atoms with Gasteiger partial charge in [-0.05, 0) is 62.9 Å². The van der Waals surface area contributed by atoms with Gasteiger partial charge in [-0.25, -0.2) is 4.79 Å². The first-order valence-electron chi connectivity index (χ1n) is 10.4. The maximum Gasteiger partial charge on any atom is 0.416 e. The summed E-state index contributed by atoms with van der Waals surface area (Å²) in [6.07, 6.45) is -5.69. The molecule has 0 fully saturated rings. The number of hydrogen-bond donors (Lipinski definition) is 3. The predicted octanol–water partition coefficient (Wildman–Crippen LogP) is 4.60. The fourth-order valence-electron chi connectivity index (χ4n) is 3.15. The topological polar surface area (TPSA) is 70.6 Å². The number of benzene rings is 2. The van der Waals surface area contributed by atoms with E-state index in [9.17, 15) is 23.1 Å². The molecule has 0 unspecified atom stereocenters. The van der Waals surface area contributed by atoms with E-state index in [1.165, 1.54) is 6.07 Å². The lowest BCUT2D eigenvalue weighted by Gasteiger charge is -2.27. The Bertz CT molecular complexity index is 880. The molecule has 2 aromatic rings. The Morgan fingerprint density at radius 3 is 2.34 bits per heavy atom. The average molecular weight is 453 g/mol. The number of ether oxygens (including phenoxy) is 1. The number of alkyl carbamates (subject to hydrolysis) is 1. The van der Waals surface area contributed by atoms with Crippen molar-refractivity contribution in [1.29, 1.82) is 0 Å². The van der Waals surface area contributed by atoms with Gasteiger partial charge in [-0.3, -0.25) is 0 Å². The van der Waals surface area contributed by atoms with Gasteiger partial charge in [0.1, 0.15) is 5.60 Å². The zero-order valence-corrected chi connectivity index (χ0v) is 18.8. The van der Waals surface area contributed by atoms with E-state index in [0.717, 1.165) is 17.7 Å². The Morgan fingerprint density at radius 2 is 1.75 bits per heavy atom. The molecule has 0 saturated heterocycles. The second-order valence-corrected chi connectivity index (χ2v) is 8.78. The summed E-state index contributed by atoms with van der Waals surface area (Å²) < 4.78 is 44.3. The Morgan fingerprint density at radius 1 is 1.09 bits per heavy atom. The van der Waals surface area contributed by atoms with Crippen molar-refractivity contribution < 1.29 is 27.8 Å². The first-order valence-corrected chi connectivity index (χ1v) is 10.4. The Labute approximate surface area is 187 Å². The fraction of sp³-hybridized carbons (Fsp3) is 0.458. The highest BCUT2D eigenvalue weighted by Crippen LogP contribution is 2.30. The molecule has 0 aliphatic rings. The molecule has 32 heavy (non-hydrogen) atoms. The minimum atomic E-state index is -4.42. The zero-order chi connectivity index (χ0) is 23.9. The predicted molar refractivity (Wildman–Crippen MR) is 117 cm³/mol. The number of aliphatic hydroxyl groups excluding tert-OH is 1. The van der Waals surface area contributed by atoms with Crippen LogP contribution in [0.2, 0.25) is 0 Å². The summed E-state index contributed by atoms with van der Waals surface area (Å²) in [6, 6.07) is 12.3. The monoisotopic (exact) mass is 452 g/mol. The number of aryl methyl sites for hydroxylation is 1. The van der Waals surface area contributed by atoms with Gasteiger partial charge in [0.2, 0.25) is 0 Å². The molecule has 0 aliphatic heterocycles. The van der Waals surface area contributed by atoms with Crippen LogP contribution in [0.3, 0.4) is 0 Å². The van der Waals surface area contributed by atoms with Crippen molar-refractivity contribution >= 4 is 6.09 Å². The first kappa shape index (κ1) is 25.7. The van der Waals surface area contributed by atoms with Crippen molar-refractivity contribution in [2.24, 2.45) is 0 Å². The molecule has 0 aliphatic carbocycles. The highest BCUT2D eigenvalue weighted by molar-refractivity contribution is 5.68. The number of amides is 1. The summed E-state index contributed by atoms with van der Waals surface area (Å²) in [6.45, 7) is 7.19. The van der Waals surface area contributed by atoms with E-state index in [-0.39, 0.29) is 13.1 Å². The highest BCUT2D eigenvalue weighted by Gasteiger charge is 2.31. The van der Waals surface area contributed by atoms with E-state index in [1.807, 2.05) is 30.3 Å². The number of hydrogen-bond acceptors (Lipinski definition) is 4. The van der Waals surface area contributed by atoms with Gasteiger partial charge < -0.3 is 20.5 Å². The molecule has 2 atom stereocenters. The summed E-state index contributed by atoms with van der Waals surface area (Å²) in [7, 11) is 0. The molecular formula is C24H31F3N2O3. The number of alkyl halides is 3. The summed E-state index contributed by atoms with van der Waals surface area (Å²) in [5, 5.41) is 16.4. The van der Waals surface area contributed by atoms with Gasteiger partial charge in [0.05, 0.1) is 17.7 Å². The standard InChI is InChI=1S/C24H31F3N2O3/c1-16-10-11-19(24(25,26)27)13-18(16)14-28-15-21(30)20(12-17-8-6-5-7-9-17)29-22(31)32-23(2,3)4/h5-11,13,20-21,28,30H,12,14-15H2,1-4H3,(H,29,31)/t20-,21+/m0/s1. The summed E-state index contributed by atoms with van der Waals surface area (Å²) >= 11 is 0. The number of rotatable bonds is 8. The molecule has 0 spiro atoms. The SMILES string of the molecule is Cc1ccc(C(F)(F)F)cc1CNC[C@@H](O)[C@H](Cc1ccccc1)NC(=O)OC(C)(C)C. The first-order chi connectivity index (χ1) is 14.8. The molecular weight excluding hydrogens is 421 g/mol. The molecule has 0 bridgehead atoms. The van der Waals surface area contributed by atoms with Crippen LogP contribution in [0.5, 0.6) is 0 Å².